The highest BCUT2D eigenvalue weighted by molar-refractivity contribution is 7.19. The molecule has 5 aromatic rings. The Labute approximate surface area is 220 Å². The molecule has 2 unspecified atom stereocenters. The van der Waals surface area contributed by atoms with Gasteiger partial charge in [-0.2, -0.15) is 0 Å². The van der Waals surface area contributed by atoms with E-state index in [-0.39, 0.29) is 17.5 Å². The van der Waals surface area contributed by atoms with Crippen molar-refractivity contribution in [3.05, 3.63) is 80.6 Å². The van der Waals surface area contributed by atoms with Crippen molar-refractivity contribution in [2.75, 3.05) is 11.1 Å². The second-order valence-corrected chi connectivity index (χ2v) is 10.7. The number of thiophene rings is 1. The number of hydrogen-bond donors (Lipinski definition) is 3. The van der Waals surface area contributed by atoms with Crippen molar-refractivity contribution in [2.24, 2.45) is 0 Å². The Morgan fingerprint density at radius 1 is 1.24 bits per heavy atom. The maximum atomic E-state index is 13.4. The lowest BCUT2D eigenvalue weighted by Gasteiger charge is -2.17. The standard InChI is InChI=1S/C26H23ClN6O3S/c1-13(21-8-14-6-16(27)2-4-20(14)36-21)32-18-12-30-24-5-3-19(33(24)26(18)35)25(34)31-11-17-7-15-10-29-23(28)9-22(15)37-17/h2,4,6-10,12-13,19,32H,3,5,11H2,1H3,(H2,28,29)(H,31,34). The summed E-state index contributed by atoms with van der Waals surface area (Å²) < 4.78 is 8.44. The summed E-state index contributed by atoms with van der Waals surface area (Å²) in [5.74, 6) is 1.52. The van der Waals surface area contributed by atoms with Crippen molar-refractivity contribution in [1.29, 1.82) is 0 Å². The van der Waals surface area contributed by atoms with E-state index in [0.717, 1.165) is 20.3 Å². The van der Waals surface area contributed by atoms with Crippen LogP contribution in [-0.2, 0) is 17.8 Å². The minimum atomic E-state index is -0.618. The molecule has 1 aliphatic heterocycles. The number of nitrogens with one attached hydrogen (secondary N) is 2. The largest absolute Gasteiger partial charge is 0.459 e. The van der Waals surface area contributed by atoms with Crippen LogP contribution >= 0.6 is 22.9 Å². The second-order valence-electron chi connectivity index (χ2n) is 9.09. The lowest BCUT2D eigenvalue weighted by Crippen LogP contribution is -2.36. The average Bonchev–Trinajstić information content (AvgIpc) is 3.60. The number of furan rings is 1. The van der Waals surface area contributed by atoms with Gasteiger partial charge in [0.1, 0.15) is 34.7 Å². The van der Waals surface area contributed by atoms with Crippen molar-refractivity contribution >= 4 is 61.4 Å². The summed E-state index contributed by atoms with van der Waals surface area (Å²) in [6, 6.07) is 10.2. The van der Waals surface area contributed by atoms with Crippen LogP contribution in [0.4, 0.5) is 11.5 Å². The number of nitrogens with two attached hydrogens (primary N) is 1. The highest BCUT2D eigenvalue weighted by atomic mass is 35.5. The third-order valence-electron chi connectivity index (χ3n) is 6.53. The number of hydrogen-bond acceptors (Lipinski definition) is 8. The summed E-state index contributed by atoms with van der Waals surface area (Å²) in [4.78, 5) is 36.1. The van der Waals surface area contributed by atoms with Gasteiger partial charge in [0.05, 0.1) is 18.8 Å². The molecule has 5 heterocycles. The van der Waals surface area contributed by atoms with Crippen LogP contribution in [0, 0.1) is 0 Å². The smallest absolute Gasteiger partial charge is 0.277 e. The lowest BCUT2D eigenvalue weighted by atomic mass is 10.2. The molecule has 188 valence electrons. The quantitative estimate of drug-likeness (QED) is 0.285. The zero-order valence-electron chi connectivity index (χ0n) is 19.8. The van der Waals surface area contributed by atoms with Crippen molar-refractivity contribution in [1.82, 2.24) is 19.9 Å². The van der Waals surface area contributed by atoms with Gasteiger partial charge in [0.2, 0.25) is 5.91 Å². The molecule has 0 saturated carbocycles. The number of rotatable bonds is 6. The molecule has 1 amide bonds. The maximum Gasteiger partial charge on any atom is 0.277 e. The van der Waals surface area contributed by atoms with E-state index in [9.17, 15) is 9.59 Å². The first-order valence-electron chi connectivity index (χ1n) is 11.8. The summed E-state index contributed by atoms with van der Waals surface area (Å²) in [5, 5.41) is 8.66. The first kappa shape index (κ1) is 23.5. The van der Waals surface area contributed by atoms with Crippen LogP contribution in [0.25, 0.3) is 21.1 Å². The number of nitrogen functional groups attached to an aromatic ring is 1. The van der Waals surface area contributed by atoms with Crippen LogP contribution in [0.1, 0.15) is 41.9 Å². The van der Waals surface area contributed by atoms with Crippen molar-refractivity contribution < 1.29 is 9.21 Å². The Kier molecular flexibility index (Phi) is 5.85. The molecule has 4 N–H and O–H groups in total. The van der Waals surface area contributed by atoms with Crippen molar-refractivity contribution in [3.8, 4) is 0 Å². The molecule has 1 aliphatic rings. The van der Waals surface area contributed by atoms with E-state index in [1.54, 1.807) is 23.6 Å². The molecule has 0 aliphatic carbocycles. The van der Waals surface area contributed by atoms with Gasteiger partial charge in [0.25, 0.3) is 5.56 Å². The molecule has 0 bridgehead atoms. The van der Waals surface area contributed by atoms with Crippen LogP contribution in [0.5, 0.6) is 0 Å². The number of carbonyl (C=O) groups is 1. The molecule has 6 rings (SSSR count). The molecule has 37 heavy (non-hydrogen) atoms. The Morgan fingerprint density at radius 2 is 2.11 bits per heavy atom. The zero-order valence-corrected chi connectivity index (χ0v) is 21.4. The van der Waals surface area contributed by atoms with Crippen LogP contribution in [0.3, 0.4) is 0 Å². The number of pyridine rings is 1. The van der Waals surface area contributed by atoms with E-state index >= 15 is 0 Å². The van der Waals surface area contributed by atoms with Crippen LogP contribution in [-0.4, -0.2) is 20.4 Å². The van der Waals surface area contributed by atoms with Gasteiger partial charge in [-0.05, 0) is 49.7 Å². The normalized spacial score (nSPS) is 15.7. The zero-order chi connectivity index (χ0) is 25.7. The fraction of sp³-hybridized carbons (Fsp3) is 0.231. The van der Waals surface area contributed by atoms with Gasteiger partial charge in [-0.25, -0.2) is 9.97 Å². The number of benzene rings is 1. The summed E-state index contributed by atoms with van der Waals surface area (Å²) in [6.45, 7) is 2.26. The minimum Gasteiger partial charge on any atom is -0.459 e. The predicted octanol–water partition coefficient (Wildman–Crippen LogP) is 4.81. The molecule has 2 atom stereocenters. The maximum absolute atomic E-state index is 13.4. The molecular weight excluding hydrogens is 512 g/mol. The Hall–Kier alpha value is -3.89. The Bertz CT molecular complexity index is 1720. The monoisotopic (exact) mass is 534 g/mol. The van der Waals surface area contributed by atoms with Crippen LogP contribution in [0.15, 0.2) is 58.0 Å². The number of amides is 1. The first-order chi connectivity index (χ1) is 17.9. The molecule has 11 heteroatoms. The molecule has 1 aromatic carbocycles. The van der Waals surface area contributed by atoms with Gasteiger partial charge < -0.3 is 20.8 Å². The third kappa shape index (κ3) is 4.42. The number of carbonyl (C=O) groups excluding carboxylic acids is 1. The third-order valence-corrected chi connectivity index (χ3v) is 7.87. The van der Waals surface area contributed by atoms with Gasteiger partial charge >= 0.3 is 0 Å². The van der Waals surface area contributed by atoms with E-state index in [0.29, 0.717) is 53.1 Å². The highest BCUT2D eigenvalue weighted by Crippen LogP contribution is 2.29. The van der Waals surface area contributed by atoms with Crippen molar-refractivity contribution in [2.45, 2.75) is 38.4 Å². The van der Waals surface area contributed by atoms with Gasteiger partial charge in [-0.15, -0.1) is 11.3 Å². The topological polar surface area (TPSA) is 128 Å². The fourth-order valence-corrected chi connectivity index (χ4v) is 5.89. The second kappa shape index (κ2) is 9.20. The van der Waals surface area contributed by atoms with E-state index in [1.165, 1.54) is 10.8 Å². The number of aryl methyl sites for hydroxylation is 1. The Balaban J connectivity index is 1.19. The number of nitrogens with zero attached hydrogens (tertiary/aromatic N) is 3. The minimum absolute atomic E-state index is 0.211. The molecule has 9 nitrogen and oxygen atoms in total. The molecule has 0 spiro atoms. The van der Waals surface area contributed by atoms with E-state index in [4.69, 9.17) is 21.8 Å². The van der Waals surface area contributed by atoms with E-state index in [1.807, 2.05) is 37.3 Å². The SMILES string of the molecule is CC(Nc1cnc2n(c1=O)C(C(=O)NCc1cc3cnc(N)cc3s1)CC2)c1cc2cc(Cl)ccc2o1. The summed E-state index contributed by atoms with van der Waals surface area (Å²) in [7, 11) is 0. The van der Waals surface area contributed by atoms with Gasteiger partial charge in [-0.3, -0.25) is 14.2 Å². The fourth-order valence-electron chi connectivity index (χ4n) is 4.69. The lowest BCUT2D eigenvalue weighted by molar-refractivity contribution is -0.124. The molecular formula is C26H23ClN6O3S. The van der Waals surface area contributed by atoms with E-state index in [2.05, 4.69) is 20.6 Å². The van der Waals surface area contributed by atoms with Gasteiger partial charge in [0, 0.05) is 38.0 Å². The highest BCUT2D eigenvalue weighted by Gasteiger charge is 2.31. The van der Waals surface area contributed by atoms with E-state index < -0.39 is 6.04 Å². The number of fused-ring (bicyclic) bond motifs is 3. The number of halogens is 1. The predicted molar refractivity (Wildman–Crippen MR) is 145 cm³/mol. The first-order valence-corrected chi connectivity index (χ1v) is 13.0. The molecule has 0 radical (unpaired) electrons. The summed E-state index contributed by atoms with van der Waals surface area (Å²) >= 11 is 7.64. The van der Waals surface area contributed by atoms with Crippen LogP contribution in [0.2, 0.25) is 5.02 Å². The van der Waals surface area contributed by atoms with Gasteiger partial charge in [-0.1, -0.05) is 11.6 Å². The molecule has 4 aromatic heterocycles. The van der Waals surface area contributed by atoms with Crippen LogP contribution < -0.4 is 21.9 Å². The average molecular weight is 535 g/mol. The molecule has 0 saturated heterocycles. The Morgan fingerprint density at radius 3 is 2.97 bits per heavy atom. The number of aromatic nitrogens is 3. The van der Waals surface area contributed by atoms with Gasteiger partial charge in [0.15, 0.2) is 0 Å². The summed E-state index contributed by atoms with van der Waals surface area (Å²) in [6.07, 6.45) is 4.33. The summed E-state index contributed by atoms with van der Waals surface area (Å²) in [5.41, 5.74) is 6.51. The number of anilines is 2. The molecule has 0 fully saturated rings. The van der Waals surface area contributed by atoms with Crippen molar-refractivity contribution in [3.63, 3.8) is 0 Å².